The number of hydrogen-bond acceptors (Lipinski definition) is 3. The lowest BCUT2D eigenvalue weighted by atomic mass is 10.1. The van der Waals surface area contributed by atoms with Crippen LogP contribution >= 0.6 is 0 Å². The molecule has 0 bridgehead atoms. The SMILES string of the molecule is CC(=O)c1ccc(OCc2cccc(C)n2)c(C)c1. The molecule has 0 fully saturated rings. The van der Waals surface area contributed by atoms with Crippen molar-refractivity contribution in [1.82, 2.24) is 4.98 Å². The molecule has 0 N–H and O–H groups in total. The van der Waals surface area contributed by atoms with Crippen LogP contribution in [-0.4, -0.2) is 10.8 Å². The van der Waals surface area contributed by atoms with E-state index in [1.165, 1.54) is 0 Å². The number of aromatic nitrogens is 1. The van der Waals surface area contributed by atoms with Crippen LogP contribution < -0.4 is 4.74 Å². The predicted octanol–water partition coefficient (Wildman–Crippen LogP) is 3.48. The molecule has 3 heteroatoms. The number of ether oxygens (including phenoxy) is 1. The topological polar surface area (TPSA) is 39.2 Å². The molecule has 2 rings (SSSR count). The molecular formula is C16H17NO2. The Balaban J connectivity index is 2.10. The second kappa shape index (κ2) is 5.65. The summed E-state index contributed by atoms with van der Waals surface area (Å²) >= 11 is 0. The first-order valence-corrected chi connectivity index (χ1v) is 6.23. The van der Waals surface area contributed by atoms with Crippen molar-refractivity contribution in [3.05, 3.63) is 58.9 Å². The van der Waals surface area contributed by atoms with Crippen LogP contribution in [0.25, 0.3) is 0 Å². The Morgan fingerprint density at radius 1 is 1.21 bits per heavy atom. The third-order valence-electron chi connectivity index (χ3n) is 2.90. The van der Waals surface area contributed by atoms with E-state index < -0.39 is 0 Å². The standard InChI is InChI=1S/C16H17NO2/c1-11-9-14(13(3)18)7-8-16(11)19-10-15-6-4-5-12(2)17-15/h4-9H,10H2,1-3H3. The first-order chi connectivity index (χ1) is 9.06. The molecule has 0 saturated heterocycles. The van der Waals surface area contributed by atoms with Crippen LogP contribution in [0.15, 0.2) is 36.4 Å². The third-order valence-corrected chi connectivity index (χ3v) is 2.90. The fourth-order valence-corrected chi connectivity index (χ4v) is 1.86. The van der Waals surface area contributed by atoms with Gasteiger partial charge in [0.2, 0.25) is 0 Å². The largest absolute Gasteiger partial charge is 0.487 e. The van der Waals surface area contributed by atoms with E-state index in [1.807, 2.05) is 44.2 Å². The molecule has 0 unspecified atom stereocenters. The average molecular weight is 255 g/mol. The highest BCUT2D eigenvalue weighted by atomic mass is 16.5. The molecule has 0 radical (unpaired) electrons. The number of hydrogen-bond donors (Lipinski definition) is 0. The second-order valence-electron chi connectivity index (χ2n) is 4.60. The van der Waals surface area contributed by atoms with Crippen molar-refractivity contribution >= 4 is 5.78 Å². The summed E-state index contributed by atoms with van der Waals surface area (Å²) in [6.45, 7) is 5.88. The molecule has 0 aliphatic rings. The summed E-state index contributed by atoms with van der Waals surface area (Å²) in [7, 11) is 0. The summed E-state index contributed by atoms with van der Waals surface area (Å²) < 4.78 is 5.74. The van der Waals surface area contributed by atoms with Gasteiger partial charge in [-0.2, -0.15) is 0 Å². The number of rotatable bonds is 4. The van der Waals surface area contributed by atoms with Crippen LogP contribution in [0.1, 0.15) is 34.2 Å². The molecule has 0 spiro atoms. The van der Waals surface area contributed by atoms with Gasteiger partial charge in [-0.1, -0.05) is 6.07 Å². The van der Waals surface area contributed by atoms with Gasteiger partial charge in [0.15, 0.2) is 5.78 Å². The van der Waals surface area contributed by atoms with Gasteiger partial charge in [0, 0.05) is 11.3 Å². The minimum atomic E-state index is 0.0648. The summed E-state index contributed by atoms with van der Waals surface area (Å²) in [4.78, 5) is 15.7. The minimum absolute atomic E-state index is 0.0648. The Morgan fingerprint density at radius 3 is 2.63 bits per heavy atom. The van der Waals surface area contributed by atoms with E-state index >= 15 is 0 Å². The normalized spacial score (nSPS) is 10.3. The van der Waals surface area contributed by atoms with E-state index in [0.717, 1.165) is 22.7 Å². The van der Waals surface area contributed by atoms with Crippen LogP contribution in [0.2, 0.25) is 0 Å². The zero-order chi connectivity index (χ0) is 13.8. The Hall–Kier alpha value is -2.16. The predicted molar refractivity (Wildman–Crippen MR) is 74.5 cm³/mol. The van der Waals surface area contributed by atoms with E-state index in [1.54, 1.807) is 13.0 Å². The van der Waals surface area contributed by atoms with Crippen LogP contribution in [0.4, 0.5) is 0 Å². The Bertz CT molecular complexity index is 605. The first kappa shape index (κ1) is 13.3. The van der Waals surface area contributed by atoms with Crippen LogP contribution in [0, 0.1) is 13.8 Å². The van der Waals surface area contributed by atoms with Crippen molar-refractivity contribution in [2.75, 3.05) is 0 Å². The van der Waals surface area contributed by atoms with Crippen molar-refractivity contribution in [2.24, 2.45) is 0 Å². The van der Waals surface area contributed by atoms with Gasteiger partial charge >= 0.3 is 0 Å². The molecule has 1 aromatic heterocycles. The van der Waals surface area contributed by atoms with Gasteiger partial charge in [0.25, 0.3) is 0 Å². The van der Waals surface area contributed by atoms with Gasteiger partial charge < -0.3 is 4.74 Å². The van der Waals surface area contributed by atoms with E-state index in [9.17, 15) is 4.79 Å². The molecule has 98 valence electrons. The zero-order valence-electron chi connectivity index (χ0n) is 11.4. The molecule has 0 amide bonds. The molecule has 19 heavy (non-hydrogen) atoms. The van der Waals surface area contributed by atoms with E-state index in [4.69, 9.17) is 4.74 Å². The highest BCUT2D eigenvalue weighted by molar-refractivity contribution is 5.94. The van der Waals surface area contributed by atoms with Crippen LogP contribution in [-0.2, 0) is 6.61 Å². The quantitative estimate of drug-likeness (QED) is 0.785. The second-order valence-corrected chi connectivity index (χ2v) is 4.60. The molecule has 1 heterocycles. The molecular weight excluding hydrogens is 238 g/mol. The molecule has 3 nitrogen and oxygen atoms in total. The molecule has 0 saturated carbocycles. The smallest absolute Gasteiger partial charge is 0.159 e. The van der Waals surface area contributed by atoms with Crippen molar-refractivity contribution in [1.29, 1.82) is 0 Å². The van der Waals surface area contributed by atoms with Crippen molar-refractivity contribution in [3.63, 3.8) is 0 Å². The van der Waals surface area contributed by atoms with Crippen LogP contribution in [0.3, 0.4) is 0 Å². The lowest BCUT2D eigenvalue weighted by molar-refractivity contribution is 0.101. The Kier molecular flexibility index (Phi) is 3.95. The fraction of sp³-hybridized carbons (Fsp3) is 0.250. The number of pyridine rings is 1. The summed E-state index contributed by atoms with van der Waals surface area (Å²) in [6.07, 6.45) is 0. The summed E-state index contributed by atoms with van der Waals surface area (Å²) in [5.74, 6) is 0.850. The fourth-order valence-electron chi connectivity index (χ4n) is 1.86. The number of nitrogens with zero attached hydrogens (tertiary/aromatic N) is 1. The first-order valence-electron chi connectivity index (χ1n) is 6.23. The number of ketones is 1. The highest BCUT2D eigenvalue weighted by Crippen LogP contribution is 2.20. The van der Waals surface area contributed by atoms with Crippen LogP contribution in [0.5, 0.6) is 5.75 Å². The van der Waals surface area contributed by atoms with Crippen molar-refractivity contribution in [2.45, 2.75) is 27.4 Å². The lowest BCUT2D eigenvalue weighted by Crippen LogP contribution is -2.01. The van der Waals surface area contributed by atoms with E-state index in [2.05, 4.69) is 4.98 Å². The number of benzene rings is 1. The molecule has 0 aliphatic carbocycles. The maximum Gasteiger partial charge on any atom is 0.159 e. The summed E-state index contributed by atoms with van der Waals surface area (Å²) in [5, 5.41) is 0. The third kappa shape index (κ3) is 3.41. The molecule has 0 atom stereocenters. The Morgan fingerprint density at radius 2 is 2.00 bits per heavy atom. The molecule has 1 aromatic carbocycles. The van der Waals surface area contributed by atoms with Gasteiger partial charge in [0.05, 0.1) is 5.69 Å². The van der Waals surface area contributed by atoms with Crippen molar-refractivity contribution < 1.29 is 9.53 Å². The maximum atomic E-state index is 11.3. The highest BCUT2D eigenvalue weighted by Gasteiger charge is 2.05. The van der Waals surface area contributed by atoms with E-state index in [-0.39, 0.29) is 5.78 Å². The Labute approximate surface area is 113 Å². The average Bonchev–Trinajstić information content (AvgIpc) is 2.37. The monoisotopic (exact) mass is 255 g/mol. The number of carbonyl (C=O) groups excluding carboxylic acids is 1. The summed E-state index contributed by atoms with van der Waals surface area (Å²) in [6, 6.07) is 11.3. The van der Waals surface area contributed by atoms with Gasteiger partial charge in [-0.25, -0.2) is 0 Å². The minimum Gasteiger partial charge on any atom is -0.487 e. The summed E-state index contributed by atoms with van der Waals surface area (Å²) in [5.41, 5.74) is 3.54. The van der Waals surface area contributed by atoms with Crippen molar-refractivity contribution in [3.8, 4) is 5.75 Å². The number of Topliss-reactive ketones (excluding diaryl/α,β-unsaturated/α-hetero) is 1. The zero-order valence-corrected chi connectivity index (χ0v) is 11.4. The van der Waals surface area contributed by atoms with Gasteiger partial charge in [-0.3, -0.25) is 9.78 Å². The van der Waals surface area contributed by atoms with Gasteiger partial charge in [-0.15, -0.1) is 0 Å². The number of aryl methyl sites for hydroxylation is 2. The molecule has 0 aliphatic heterocycles. The molecule has 2 aromatic rings. The lowest BCUT2D eigenvalue weighted by Gasteiger charge is -2.10. The van der Waals surface area contributed by atoms with Gasteiger partial charge in [0.1, 0.15) is 12.4 Å². The van der Waals surface area contributed by atoms with E-state index in [0.29, 0.717) is 12.2 Å². The number of carbonyl (C=O) groups is 1. The maximum absolute atomic E-state index is 11.3. The van der Waals surface area contributed by atoms with Gasteiger partial charge in [-0.05, 0) is 56.7 Å².